The number of hydrogen-bond acceptors (Lipinski definition) is 4. The summed E-state index contributed by atoms with van der Waals surface area (Å²) in [6, 6.07) is 24.8. The Labute approximate surface area is 210 Å². The fourth-order valence-electron chi connectivity index (χ4n) is 3.24. The van der Waals surface area contributed by atoms with Crippen LogP contribution in [0.25, 0.3) is 11.1 Å². The number of hydrogen-bond donors (Lipinski definition) is 0. The Morgan fingerprint density at radius 2 is 1.18 bits per heavy atom. The number of halogens is 2. The molecule has 7 heteroatoms. The highest BCUT2D eigenvalue weighted by Crippen LogP contribution is 2.35. The molecule has 0 saturated heterocycles. The molecule has 4 rings (SSSR count). The van der Waals surface area contributed by atoms with Gasteiger partial charge in [0, 0.05) is 4.47 Å². The van der Waals surface area contributed by atoms with E-state index in [4.69, 9.17) is 9.47 Å². The Balaban J connectivity index is 1.53. The molecule has 0 amide bonds. The number of rotatable bonds is 6. The van der Waals surface area contributed by atoms with Gasteiger partial charge in [-0.3, -0.25) is 0 Å². The molecule has 0 aliphatic heterocycles. The number of sulfone groups is 1. The van der Waals surface area contributed by atoms with Crippen LogP contribution in [0.3, 0.4) is 0 Å². The fourth-order valence-corrected chi connectivity index (χ4v) is 5.34. The second-order valence-corrected chi connectivity index (χ2v) is 11.0. The van der Waals surface area contributed by atoms with Gasteiger partial charge < -0.3 is 9.47 Å². The molecule has 0 aliphatic carbocycles. The molecule has 0 saturated carbocycles. The second kappa shape index (κ2) is 9.71. The van der Waals surface area contributed by atoms with Crippen LogP contribution in [0.2, 0.25) is 0 Å². The molecule has 0 atom stereocenters. The van der Waals surface area contributed by atoms with Gasteiger partial charge in [0.25, 0.3) is 0 Å². The third kappa shape index (κ3) is 5.16. The number of benzene rings is 4. The average Bonchev–Trinajstić information content (AvgIpc) is 2.82. The minimum atomic E-state index is -3.63. The van der Waals surface area contributed by atoms with Crippen LogP contribution in [0.4, 0.5) is 0 Å². The first-order valence-corrected chi connectivity index (χ1v) is 13.1. The van der Waals surface area contributed by atoms with Crippen molar-refractivity contribution in [1.82, 2.24) is 0 Å². The maximum absolute atomic E-state index is 12.9. The molecular formula is C26H20Br2O4S. The van der Waals surface area contributed by atoms with Gasteiger partial charge in [0.15, 0.2) is 0 Å². The van der Waals surface area contributed by atoms with Gasteiger partial charge in [-0.2, -0.15) is 0 Å². The Bertz CT molecular complexity index is 1400. The summed E-state index contributed by atoms with van der Waals surface area (Å²) in [5, 5.41) is 0. The maximum atomic E-state index is 12.9. The van der Waals surface area contributed by atoms with E-state index in [1.807, 2.05) is 25.1 Å². The predicted octanol–water partition coefficient (Wildman–Crippen LogP) is 7.82. The van der Waals surface area contributed by atoms with Gasteiger partial charge in [-0.1, -0.05) is 34.1 Å². The Kier molecular flexibility index (Phi) is 6.93. The van der Waals surface area contributed by atoms with E-state index < -0.39 is 9.84 Å². The van der Waals surface area contributed by atoms with Gasteiger partial charge in [0.1, 0.15) is 17.2 Å². The largest absolute Gasteiger partial charge is 0.497 e. The lowest BCUT2D eigenvalue weighted by Gasteiger charge is -2.11. The molecule has 33 heavy (non-hydrogen) atoms. The van der Waals surface area contributed by atoms with Crippen molar-refractivity contribution in [2.75, 3.05) is 7.11 Å². The van der Waals surface area contributed by atoms with Crippen LogP contribution >= 0.6 is 31.9 Å². The molecule has 0 bridgehead atoms. The van der Waals surface area contributed by atoms with Crippen molar-refractivity contribution in [3.8, 4) is 28.4 Å². The molecule has 4 nitrogen and oxygen atoms in total. The van der Waals surface area contributed by atoms with Gasteiger partial charge in [0.2, 0.25) is 9.84 Å². The fraction of sp³-hybridized carbons (Fsp3) is 0.0769. The normalized spacial score (nSPS) is 11.3. The molecule has 0 unspecified atom stereocenters. The summed E-state index contributed by atoms with van der Waals surface area (Å²) < 4.78 is 38.7. The van der Waals surface area contributed by atoms with Gasteiger partial charge >= 0.3 is 0 Å². The van der Waals surface area contributed by atoms with Crippen molar-refractivity contribution in [1.29, 1.82) is 0 Å². The molecule has 0 spiro atoms. The molecule has 4 aromatic rings. The summed E-state index contributed by atoms with van der Waals surface area (Å²) in [6.07, 6.45) is 0. The number of methoxy groups -OCH3 is 1. The summed E-state index contributed by atoms with van der Waals surface area (Å²) >= 11 is 7.16. The molecule has 0 heterocycles. The van der Waals surface area contributed by atoms with Crippen molar-refractivity contribution >= 4 is 41.7 Å². The lowest BCUT2D eigenvalue weighted by atomic mass is 10.0. The number of ether oxygens (including phenoxy) is 2. The summed E-state index contributed by atoms with van der Waals surface area (Å²) in [5.74, 6) is 1.77. The van der Waals surface area contributed by atoms with Gasteiger partial charge in [0.05, 0.1) is 21.4 Å². The summed E-state index contributed by atoms with van der Waals surface area (Å²) in [4.78, 5) is 0.400. The van der Waals surface area contributed by atoms with Crippen LogP contribution < -0.4 is 9.47 Å². The minimum absolute atomic E-state index is 0.194. The van der Waals surface area contributed by atoms with E-state index in [2.05, 4.69) is 50.1 Å². The van der Waals surface area contributed by atoms with Crippen LogP contribution in [0.15, 0.2) is 104 Å². The molecule has 0 radical (unpaired) electrons. The molecule has 0 N–H and O–H groups in total. The molecule has 0 fully saturated rings. The molecule has 168 valence electrons. The zero-order valence-corrected chi connectivity index (χ0v) is 21.9. The van der Waals surface area contributed by atoms with Crippen LogP contribution in [0, 0.1) is 6.92 Å². The lowest BCUT2D eigenvalue weighted by Crippen LogP contribution is -2.01. The molecule has 0 aliphatic rings. The van der Waals surface area contributed by atoms with Gasteiger partial charge in [-0.05, 0) is 106 Å². The lowest BCUT2D eigenvalue weighted by molar-refractivity contribution is 0.414. The highest BCUT2D eigenvalue weighted by Gasteiger charge is 2.18. The average molecular weight is 588 g/mol. The Morgan fingerprint density at radius 3 is 1.70 bits per heavy atom. The molecule has 0 aromatic heterocycles. The standard InChI is InChI=1S/C26H20Br2O4S/c1-17-3-4-18(15-24(17)27)19-5-14-26(25(28)16-19)32-21-8-12-23(13-9-21)33(29,30)22-10-6-20(31-2)7-11-22/h3-16H,1-2H3. The van der Waals surface area contributed by atoms with Crippen molar-refractivity contribution < 1.29 is 17.9 Å². The zero-order valence-electron chi connectivity index (χ0n) is 17.9. The summed E-state index contributed by atoms with van der Waals surface area (Å²) in [5.41, 5.74) is 3.32. The van der Waals surface area contributed by atoms with E-state index >= 15 is 0 Å². The smallest absolute Gasteiger partial charge is 0.206 e. The van der Waals surface area contributed by atoms with Crippen LogP contribution in [0.5, 0.6) is 17.2 Å². The Morgan fingerprint density at radius 1 is 0.667 bits per heavy atom. The third-order valence-electron chi connectivity index (χ3n) is 5.17. The highest BCUT2D eigenvalue weighted by molar-refractivity contribution is 9.10. The second-order valence-electron chi connectivity index (χ2n) is 7.36. The van der Waals surface area contributed by atoms with Crippen LogP contribution in [0.1, 0.15) is 5.56 Å². The van der Waals surface area contributed by atoms with Crippen molar-refractivity contribution in [2.45, 2.75) is 16.7 Å². The quantitative estimate of drug-likeness (QED) is 0.231. The van der Waals surface area contributed by atoms with Crippen molar-refractivity contribution in [3.63, 3.8) is 0 Å². The summed E-state index contributed by atoms with van der Waals surface area (Å²) in [7, 11) is -2.09. The monoisotopic (exact) mass is 586 g/mol. The van der Waals surface area contributed by atoms with Crippen LogP contribution in [-0.2, 0) is 9.84 Å². The topological polar surface area (TPSA) is 52.6 Å². The van der Waals surface area contributed by atoms with E-state index in [9.17, 15) is 8.42 Å². The predicted molar refractivity (Wildman–Crippen MR) is 137 cm³/mol. The van der Waals surface area contributed by atoms with Gasteiger partial charge in [-0.25, -0.2) is 8.42 Å². The van der Waals surface area contributed by atoms with Crippen molar-refractivity contribution in [3.05, 3.63) is 99.4 Å². The first-order valence-electron chi connectivity index (χ1n) is 10.0. The van der Waals surface area contributed by atoms with Gasteiger partial charge in [-0.15, -0.1) is 0 Å². The molecular weight excluding hydrogens is 568 g/mol. The first-order chi connectivity index (χ1) is 15.8. The molecule has 4 aromatic carbocycles. The van der Waals surface area contributed by atoms with Crippen LogP contribution in [-0.4, -0.2) is 15.5 Å². The van der Waals surface area contributed by atoms with E-state index in [0.717, 1.165) is 20.1 Å². The first kappa shape index (κ1) is 23.5. The highest BCUT2D eigenvalue weighted by atomic mass is 79.9. The van der Waals surface area contributed by atoms with E-state index in [1.54, 1.807) is 36.4 Å². The SMILES string of the molecule is COc1ccc(S(=O)(=O)c2ccc(Oc3ccc(-c4ccc(C)c(Br)c4)cc3Br)cc2)cc1. The third-order valence-corrected chi connectivity index (χ3v) is 8.43. The Hall–Kier alpha value is -2.61. The van der Waals surface area contributed by atoms with Crippen molar-refractivity contribution in [2.24, 2.45) is 0 Å². The minimum Gasteiger partial charge on any atom is -0.497 e. The van der Waals surface area contributed by atoms with E-state index in [0.29, 0.717) is 17.2 Å². The van der Waals surface area contributed by atoms with E-state index in [1.165, 1.54) is 24.8 Å². The number of aryl methyl sites for hydroxylation is 1. The van der Waals surface area contributed by atoms with E-state index in [-0.39, 0.29) is 9.79 Å². The maximum Gasteiger partial charge on any atom is 0.206 e. The zero-order chi connectivity index (χ0) is 23.6. The summed E-state index contributed by atoms with van der Waals surface area (Å²) in [6.45, 7) is 2.05.